The van der Waals surface area contributed by atoms with Crippen LogP contribution in [0.5, 0.6) is 0 Å². The summed E-state index contributed by atoms with van der Waals surface area (Å²) in [5.41, 5.74) is 3.21. The van der Waals surface area contributed by atoms with Crippen molar-refractivity contribution >= 4 is 29.0 Å². The van der Waals surface area contributed by atoms with Gasteiger partial charge in [-0.05, 0) is 26.2 Å². The first-order valence-corrected chi connectivity index (χ1v) is 10.3. The number of aryl methyl sites for hydroxylation is 1. The highest BCUT2D eigenvalue weighted by Gasteiger charge is 2.32. The molecule has 0 bridgehead atoms. The van der Waals surface area contributed by atoms with Crippen molar-refractivity contribution < 1.29 is 9.59 Å². The molecule has 1 fully saturated rings. The molecular weight excluding hydrogens is 376 g/mol. The summed E-state index contributed by atoms with van der Waals surface area (Å²) in [6.45, 7) is 4.46. The maximum atomic E-state index is 13.1. The zero-order valence-electron chi connectivity index (χ0n) is 16.7. The standard InChI is InChI=1S/C19H26N6O2S/c1-12-17(28-11-21-12)19(27)25-8-6-5-7-15(25)18-22-14(9-16(20-3)23-18)10-24(4)13(2)26/h9,11,15H,5-8,10H2,1-4H3,(H,20,22,23)/t15-/m1/s1. The molecule has 9 heteroatoms. The van der Waals surface area contributed by atoms with Crippen LogP contribution < -0.4 is 5.32 Å². The lowest BCUT2D eigenvalue weighted by Gasteiger charge is -2.35. The average Bonchev–Trinajstić information content (AvgIpc) is 3.12. The molecule has 150 valence electrons. The predicted octanol–water partition coefficient (Wildman–Crippen LogP) is 2.63. The molecule has 2 amide bonds. The predicted molar refractivity (Wildman–Crippen MR) is 108 cm³/mol. The first-order chi connectivity index (χ1) is 13.4. The number of thiazole rings is 1. The number of aromatic nitrogens is 3. The van der Waals surface area contributed by atoms with E-state index in [1.54, 1.807) is 24.5 Å². The fraction of sp³-hybridized carbons (Fsp3) is 0.526. The second kappa shape index (κ2) is 8.64. The lowest BCUT2D eigenvalue weighted by molar-refractivity contribution is -0.128. The van der Waals surface area contributed by atoms with Gasteiger partial charge >= 0.3 is 0 Å². The minimum absolute atomic E-state index is 0.00874. The summed E-state index contributed by atoms with van der Waals surface area (Å²) in [4.78, 5) is 42.5. The minimum Gasteiger partial charge on any atom is -0.373 e. The molecule has 1 aliphatic heterocycles. The number of likely N-dealkylation sites (tertiary alicyclic amines) is 1. The van der Waals surface area contributed by atoms with Gasteiger partial charge in [-0.2, -0.15) is 0 Å². The van der Waals surface area contributed by atoms with Gasteiger partial charge in [0.25, 0.3) is 5.91 Å². The number of nitrogens with zero attached hydrogens (tertiary/aromatic N) is 5. The van der Waals surface area contributed by atoms with E-state index < -0.39 is 0 Å². The normalized spacial score (nSPS) is 16.7. The second-order valence-electron chi connectivity index (χ2n) is 7.00. The van der Waals surface area contributed by atoms with Gasteiger partial charge in [0, 0.05) is 33.6 Å². The van der Waals surface area contributed by atoms with Crippen LogP contribution in [0.4, 0.5) is 5.82 Å². The third-order valence-electron chi connectivity index (χ3n) is 4.99. The third kappa shape index (κ3) is 4.30. The van der Waals surface area contributed by atoms with Crippen LogP contribution in [-0.4, -0.2) is 57.2 Å². The maximum Gasteiger partial charge on any atom is 0.266 e. The summed E-state index contributed by atoms with van der Waals surface area (Å²) in [5.74, 6) is 1.27. The smallest absolute Gasteiger partial charge is 0.266 e. The Morgan fingerprint density at radius 3 is 2.79 bits per heavy atom. The Labute approximate surface area is 169 Å². The van der Waals surface area contributed by atoms with Gasteiger partial charge in [0.2, 0.25) is 5.91 Å². The number of rotatable bonds is 5. The summed E-state index contributed by atoms with van der Waals surface area (Å²) in [5, 5.41) is 3.06. The van der Waals surface area contributed by atoms with Gasteiger partial charge in [-0.25, -0.2) is 15.0 Å². The molecule has 1 N–H and O–H groups in total. The van der Waals surface area contributed by atoms with Crippen molar-refractivity contribution in [3.8, 4) is 0 Å². The fourth-order valence-electron chi connectivity index (χ4n) is 3.31. The Morgan fingerprint density at radius 2 is 2.14 bits per heavy atom. The zero-order chi connectivity index (χ0) is 20.3. The summed E-state index contributed by atoms with van der Waals surface area (Å²) < 4.78 is 0. The highest BCUT2D eigenvalue weighted by atomic mass is 32.1. The first-order valence-electron chi connectivity index (χ1n) is 9.39. The lowest BCUT2D eigenvalue weighted by atomic mass is 10.0. The number of carbonyl (C=O) groups excluding carboxylic acids is 2. The number of anilines is 1. The summed E-state index contributed by atoms with van der Waals surface area (Å²) in [6, 6.07) is 1.66. The Bertz CT molecular complexity index is 868. The molecule has 8 nitrogen and oxygen atoms in total. The van der Waals surface area contributed by atoms with Crippen molar-refractivity contribution in [2.45, 2.75) is 45.7 Å². The molecule has 2 aromatic heterocycles. The van der Waals surface area contributed by atoms with E-state index in [1.165, 1.54) is 18.3 Å². The molecule has 3 rings (SSSR count). The molecular formula is C19H26N6O2S. The maximum absolute atomic E-state index is 13.1. The van der Waals surface area contributed by atoms with E-state index in [-0.39, 0.29) is 17.9 Å². The van der Waals surface area contributed by atoms with E-state index in [1.807, 2.05) is 17.9 Å². The van der Waals surface area contributed by atoms with Crippen molar-refractivity contribution in [3.05, 3.63) is 33.7 Å². The molecule has 28 heavy (non-hydrogen) atoms. The zero-order valence-corrected chi connectivity index (χ0v) is 17.5. The minimum atomic E-state index is -0.183. The molecule has 0 radical (unpaired) electrons. The van der Waals surface area contributed by atoms with Crippen molar-refractivity contribution in [2.75, 3.05) is 26.0 Å². The molecule has 0 unspecified atom stereocenters. The van der Waals surface area contributed by atoms with Gasteiger partial charge in [-0.1, -0.05) is 0 Å². The molecule has 3 heterocycles. The van der Waals surface area contributed by atoms with Crippen molar-refractivity contribution in [1.29, 1.82) is 0 Å². The number of nitrogens with one attached hydrogen (secondary N) is 1. The number of amides is 2. The molecule has 0 spiro atoms. The quantitative estimate of drug-likeness (QED) is 0.827. The van der Waals surface area contributed by atoms with Crippen molar-refractivity contribution in [2.24, 2.45) is 0 Å². The van der Waals surface area contributed by atoms with Gasteiger partial charge in [-0.15, -0.1) is 11.3 Å². The van der Waals surface area contributed by atoms with Crippen LogP contribution in [0.2, 0.25) is 0 Å². The molecule has 0 saturated carbocycles. The first kappa shape index (κ1) is 20.2. The molecule has 2 aromatic rings. The molecule has 1 aliphatic rings. The van der Waals surface area contributed by atoms with Crippen LogP contribution in [0.15, 0.2) is 11.6 Å². The highest BCUT2D eigenvalue weighted by molar-refractivity contribution is 7.11. The van der Waals surface area contributed by atoms with Gasteiger partial charge in [-0.3, -0.25) is 9.59 Å². The number of piperidine rings is 1. The number of carbonyl (C=O) groups is 2. The monoisotopic (exact) mass is 402 g/mol. The van der Waals surface area contributed by atoms with Gasteiger partial charge in [0.05, 0.1) is 29.5 Å². The Hall–Kier alpha value is -2.55. The molecule has 0 aromatic carbocycles. The van der Waals surface area contributed by atoms with E-state index in [0.717, 1.165) is 30.7 Å². The lowest BCUT2D eigenvalue weighted by Crippen LogP contribution is -2.39. The second-order valence-corrected chi connectivity index (χ2v) is 7.86. The van der Waals surface area contributed by atoms with Crippen LogP contribution in [-0.2, 0) is 11.3 Å². The van der Waals surface area contributed by atoms with Gasteiger partial charge < -0.3 is 15.1 Å². The fourth-order valence-corrected chi connectivity index (χ4v) is 4.07. The van der Waals surface area contributed by atoms with Gasteiger partial charge in [0.1, 0.15) is 10.7 Å². The third-order valence-corrected chi connectivity index (χ3v) is 5.91. The molecule has 1 saturated heterocycles. The van der Waals surface area contributed by atoms with E-state index >= 15 is 0 Å². The van der Waals surface area contributed by atoms with Crippen molar-refractivity contribution in [3.63, 3.8) is 0 Å². The van der Waals surface area contributed by atoms with Crippen molar-refractivity contribution in [1.82, 2.24) is 24.8 Å². The summed E-state index contributed by atoms with van der Waals surface area (Å²) >= 11 is 1.37. The van der Waals surface area contributed by atoms with E-state index in [4.69, 9.17) is 4.98 Å². The van der Waals surface area contributed by atoms with Crippen LogP contribution in [0.3, 0.4) is 0 Å². The van der Waals surface area contributed by atoms with E-state index in [0.29, 0.717) is 29.6 Å². The van der Waals surface area contributed by atoms with Crippen LogP contribution >= 0.6 is 11.3 Å². The van der Waals surface area contributed by atoms with Gasteiger partial charge in [0.15, 0.2) is 5.82 Å². The molecule has 1 atom stereocenters. The number of hydrogen-bond donors (Lipinski definition) is 1. The Morgan fingerprint density at radius 1 is 1.36 bits per heavy atom. The topological polar surface area (TPSA) is 91.3 Å². The summed E-state index contributed by atoms with van der Waals surface area (Å²) in [7, 11) is 3.54. The Balaban J connectivity index is 1.93. The largest absolute Gasteiger partial charge is 0.373 e. The molecule has 0 aliphatic carbocycles. The Kier molecular flexibility index (Phi) is 6.23. The van der Waals surface area contributed by atoms with Crippen LogP contribution in [0.25, 0.3) is 0 Å². The highest BCUT2D eigenvalue weighted by Crippen LogP contribution is 2.32. The average molecular weight is 403 g/mol. The van der Waals surface area contributed by atoms with E-state index in [2.05, 4.69) is 15.3 Å². The van der Waals surface area contributed by atoms with Crippen LogP contribution in [0.1, 0.15) is 59.1 Å². The van der Waals surface area contributed by atoms with E-state index in [9.17, 15) is 9.59 Å². The number of hydrogen-bond acceptors (Lipinski definition) is 7. The summed E-state index contributed by atoms with van der Waals surface area (Å²) in [6.07, 6.45) is 2.80. The SMILES string of the molecule is CNc1cc(CN(C)C(C)=O)nc([C@H]2CCCCN2C(=O)c2scnc2C)n1. The van der Waals surface area contributed by atoms with Crippen LogP contribution in [0, 0.1) is 6.92 Å².